The monoisotopic (exact) mass is 276 g/mol. The predicted octanol–water partition coefficient (Wildman–Crippen LogP) is 5.70. The highest BCUT2D eigenvalue weighted by Crippen LogP contribution is 2.30. The first-order valence-corrected chi connectivity index (χ1v) is 8.24. The van der Waals surface area contributed by atoms with E-state index in [1.807, 2.05) is 0 Å². The van der Waals surface area contributed by atoms with Crippen LogP contribution in [0.2, 0.25) is 0 Å². The fraction of sp³-hybridized carbons (Fsp3) is 0.684. The second-order valence-electron chi connectivity index (χ2n) is 6.25. The highest BCUT2D eigenvalue weighted by atomic mass is 16.3. The van der Waals surface area contributed by atoms with Crippen molar-refractivity contribution in [3.63, 3.8) is 0 Å². The van der Waals surface area contributed by atoms with Crippen LogP contribution >= 0.6 is 0 Å². The summed E-state index contributed by atoms with van der Waals surface area (Å²) in [5, 5.41) is 10.5. The summed E-state index contributed by atoms with van der Waals surface area (Å²) < 4.78 is 0. The topological polar surface area (TPSA) is 20.2 Å². The molecule has 0 aromatic heterocycles. The summed E-state index contributed by atoms with van der Waals surface area (Å²) in [5.74, 6) is 0. The minimum atomic E-state index is -0.292. The van der Waals surface area contributed by atoms with E-state index >= 15 is 0 Å². The molecule has 0 amide bonds. The molecule has 1 aromatic carbocycles. The van der Waals surface area contributed by atoms with Gasteiger partial charge < -0.3 is 5.11 Å². The summed E-state index contributed by atoms with van der Waals surface area (Å²) >= 11 is 0. The average Bonchev–Trinajstić information content (AvgIpc) is 2.41. The van der Waals surface area contributed by atoms with Crippen LogP contribution in [0, 0.1) is 27.7 Å². The van der Waals surface area contributed by atoms with Gasteiger partial charge in [0.2, 0.25) is 0 Å². The van der Waals surface area contributed by atoms with Crippen LogP contribution < -0.4 is 0 Å². The van der Waals surface area contributed by atoms with E-state index in [4.69, 9.17) is 0 Å². The van der Waals surface area contributed by atoms with Crippen LogP contribution in [0.25, 0.3) is 0 Å². The van der Waals surface area contributed by atoms with E-state index < -0.39 is 0 Å². The third-order valence-electron chi connectivity index (χ3n) is 4.59. The van der Waals surface area contributed by atoms with E-state index in [-0.39, 0.29) is 6.10 Å². The van der Waals surface area contributed by atoms with Gasteiger partial charge in [-0.05, 0) is 61.9 Å². The number of rotatable bonds is 8. The van der Waals surface area contributed by atoms with E-state index in [1.54, 1.807) is 0 Å². The molecule has 1 atom stereocenters. The number of benzene rings is 1. The molecule has 0 saturated heterocycles. The molecule has 1 rings (SSSR count). The standard InChI is InChI=1S/C19H32O/c1-6-7-8-9-10-11-12-18(20)19-16(4)14(2)13-15(3)17(19)5/h13,18,20H,6-12H2,1-5H3. The summed E-state index contributed by atoms with van der Waals surface area (Å²) in [6.07, 6.45) is 8.29. The lowest BCUT2D eigenvalue weighted by atomic mass is 9.89. The van der Waals surface area contributed by atoms with Gasteiger partial charge in [-0.2, -0.15) is 0 Å². The van der Waals surface area contributed by atoms with Gasteiger partial charge in [-0.1, -0.05) is 51.5 Å². The van der Waals surface area contributed by atoms with E-state index in [0.29, 0.717) is 0 Å². The van der Waals surface area contributed by atoms with Crippen molar-refractivity contribution in [1.29, 1.82) is 0 Å². The molecule has 0 spiro atoms. The molecule has 0 fully saturated rings. The van der Waals surface area contributed by atoms with Gasteiger partial charge in [-0.15, -0.1) is 0 Å². The molecule has 1 aromatic rings. The van der Waals surface area contributed by atoms with E-state index in [1.165, 1.54) is 59.9 Å². The van der Waals surface area contributed by atoms with E-state index in [9.17, 15) is 5.11 Å². The van der Waals surface area contributed by atoms with Crippen LogP contribution in [0.1, 0.15) is 85.8 Å². The number of unbranched alkanes of at least 4 members (excludes halogenated alkanes) is 5. The van der Waals surface area contributed by atoms with Crippen molar-refractivity contribution in [2.24, 2.45) is 0 Å². The molecular formula is C19H32O. The van der Waals surface area contributed by atoms with Gasteiger partial charge in [0.1, 0.15) is 0 Å². The maximum Gasteiger partial charge on any atom is 0.0795 e. The summed E-state index contributed by atoms with van der Waals surface area (Å²) in [6, 6.07) is 2.23. The van der Waals surface area contributed by atoms with Gasteiger partial charge in [-0.3, -0.25) is 0 Å². The summed E-state index contributed by atoms with van der Waals surface area (Å²) in [7, 11) is 0. The first-order valence-electron chi connectivity index (χ1n) is 8.24. The lowest BCUT2D eigenvalue weighted by Crippen LogP contribution is -2.06. The third kappa shape index (κ3) is 4.63. The summed E-state index contributed by atoms with van der Waals surface area (Å²) in [5.41, 5.74) is 6.31. The van der Waals surface area contributed by atoms with Crippen molar-refractivity contribution in [3.05, 3.63) is 33.9 Å². The van der Waals surface area contributed by atoms with Crippen molar-refractivity contribution >= 4 is 0 Å². The fourth-order valence-electron chi connectivity index (χ4n) is 3.01. The molecule has 0 heterocycles. The van der Waals surface area contributed by atoms with E-state index in [2.05, 4.69) is 40.7 Å². The summed E-state index contributed by atoms with van der Waals surface area (Å²) in [6.45, 7) is 10.8. The minimum Gasteiger partial charge on any atom is -0.388 e. The fourth-order valence-corrected chi connectivity index (χ4v) is 3.01. The van der Waals surface area contributed by atoms with Crippen LogP contribution in [-0.4, -0.2) is 5.11 Å². The molecule has 1 N–H and O–H groups in total. The van der Waals surface area contributed by atoms with Crippen LogP contribution in [0.5, 0.6) is 0 Å². The Kier molecular flexibility index (Phi) is 7.29. The van der Waals surface area contributed by atoms with Crippen molar-refractivity contribution < 1.29 is 5.11 Å². The summed E-state index contributed by atoms with van der Waals surface area (Å²) in [4.78, 5) is 0. The Morgan fingerprint density at radius 1 is 0.850 bits per heavy atom. The van der Waals surface area contributed by atoms with Crippen LogP contribution in [0.3, 0.4) is 0 Å². The van der Waals surface area contributed by atoms with Gasteiger partial charge in [0.25, 0.3) is 0 Å². The Bertz CT molecular complexity index is 394. The Hall–Kier alpha value is -0.820. The first-order chi connectivity index (χ1) is 9.49. The third-order valence-corrected chi connectivity index (χ3v) is 4.59. The van der Waals surface area contributed by atoms with Gasteiger partial charge >= 0.3 is 0 Å². The molecule has 0 aliphatic heterocycles. The minimum absolute atomic E-state index is 0.292. The van der Waals surface area contributed by atoms with Crippen LogP contribution in [0.15, 0.2) is 6.07 Å². The zero-order valence-corrected chi connectivity index (χ0v) is 14.1. The SMILES string of the molecule is CCCCCCCCC(O)c1c(C)c(C)cc(C)c1C. The Balaban J connectivity index is 2.57. The number of aliphatic hydroxyl groups excluding tert-OH is 1. The number of aryl methyl sites for hydroxylation is 2. The number of hydrogen-bond donors (Lipinski definition) is 1. The maximum absolute atomic E-state index is 10.5. The zero-order valence-electron chi connectivity index (χ0n) is 14.1. The molecule has 0 saturated carbocycles. The second kappa shape index (κ2) is 8.46. The van der Waals surface area contributed by atoms with Crippen LogP contribution in [-0.2, 0) is 0 Å². The number of hydrogen-bond acceptors (Lipinski definition) is 1. The molecule has 0 aliphatic carbocycles. The van der Waals surface area contributed by atoms with Crippen molar-refractivity contribution in [3.8, 4) is 0 Å². The molecule has 1 unspecified atom stereocenters. The number of aliphatic hydroxyl groups is 1. The Morgan fingerprint density at radius 3 is 1.90 bits per heavy atom. The molecule has 0 bridgehead atoms. The highest BCUT2D eigenvalue weighted by molar-refractivity contribution is 5.45. The average molecular weight is 276 g/mol. The Morgan fingerprint density at radius 2 is 1.35 bits per heavy atom. The van der Waals surface area contributed by atoms with Gasteiger partial charge in [0.15, 0.2) is 0 Å². The molecule has 0 radical (unpaired) electrons. The van der Waals surface area contributed by atoms with Gasteiger partial charge in [-0.25, -0.2) is 0 Å². The molecule has 114 valence electrons. The van der Waals surface area contributed by atoms with Gasteiger partial charge in [0, 0.05) is 0 Å². The lowest BCUT2D eigenvalue weighted by Gasteiger charge is -2.20. The normalized spacial score (nSPS) is 12.7. The molecule has 20 heavy (non-hydrogen) atoms. The van der Waals surface area contributed by atoms with Crippen molar-refractivity contribution in [2.75, 3.05) is 0 Å². The predicted molar refractivity (Wildman–Crippen MR) is 88.3 cm³/mol. The van der Waals surface area contributed by atoms with Crippen molar-refractivity contribution in [1.82, 2.24) is 0 Å². The first kappa shape index (κ1) is 17.2. The van der Waals surface area contributed by atoms with Gasteiger partial charge in [0.05, 0.1) is 6.10 Å². The molecule has 1 nitrogen and oxygen atoms in total. The molecule has 0 aliphatic rings. The van der Waals surface area contributed by atoms with Crippen molar-refractivity contribution in [2.45, 2.75) is 85.7 Å². The highest BCUT2D eigenvalue weighted by Gasteiger charge is 2.15. The largest absolute Gasteiger partial charge is 0.388 e. The zero-order chi connectivity index (χ0) is 15.1. The molecule has 1 heteroatoms. The Labute approximate surface area is 125 Å². The molecular weight excluding hydrogens is 244 g/mol. The lowest BCUT2D eigenvalue weighted by molar-refractivity contribution is 0.161. The maximum atomic E-state index is 10.5. The second-order valence-corrected chi connectivity index (χ2v) is 6.25. The quantitative estimate of drug-likeness (QED) is 0.603. The van der Waals surface area contributed by atoms with E-state index in [0.717, 1.165) is 12.8 Å². The van der Waals surface area contributed by atoms with Crippen LogP contribution in [0.4, 0.5) is 0 Å². The smallest absolute Gasteiger partial charge is 0.0795 e.